The summed E-state index contributed by atoms with van der Waals surface area (Å²) in [6.45, 7) is 1.45. The van der Waals surface area contributed by atoms with E-state index in [0.29, 0.717) is 17.3 Å². The Morgan fingerprint density at radius 2 is 1.41 bits per heavy atom. The highest BCUT2D eigenvalue weighted by Crippen LogP contribution is 2.60. The van der Waals surface area contributed by atoms with Gasteiger partial charge in [0.15, 0.2) is 5.65 Å². The summed E-state index contributed by atoms with van der Waals surface area (Å²) in [7, 11) is 0. The van der Waals surface area contributed by atoms with Gasteiger partial charge in [0.25, 0.3) is 0 Å². The van der Waals surface area contributed by atoms with Crippen LogP contribution >= 0.6 is 0 Å². The first-order valence-electron chi connectivity index (χ1n) is 9.86. The second kappa shape index (κ2) is 6.01. The maximum Gasteiger partial charge on any atom is 0.231 e. The van der Waals surface area contributed by atoms with E-state index in [9.17, 15) is 9.59 Å². The summed E-state index contributed by atoms with van der Waals surface area (Å²) < 4.78 is 0. The van der Waals surface area contributed by atoms with Crippen molar-refractivity contribution in [3.8, 4) is 0 Å². The van der Waals surface area contributed by atoms with Crippen LogP contribution in [0, 0.1) is 23.2 Å². The van der Waals surface area contributed by atoms with Crippen molar-refractivity contribution in [1.82, 2.24) is 9.97 Å². The number of rotatable bonds is 3. The Kier molecular flexibility index (Phi) is 3.71. The SMILES string of the molecule is CC(=O)Nc1ccc2ccc(NC(=O)C34CC5CC(CC(C5)C3)C4)nc2n1. The quantitative estimate of drug-likeness (QED) is 0.869. The average molecular weight is 364 g/mol. The van der Waals surface area contributed by atoms with Crippen LogP contribution in [0.5, 0.6) is 0 Å². The first-order chi connectivity index (χ1) is 13.0. The van der Waals surface area contributed by atoms with E-state index in [1.807, 2.05) is 18.2 Å². The van der Waals surface area contributed by atoms with E-state index >= 15 is 0 Å². The van der Waals surface area contributed by atoms with Gasteiger partial charge in [-0.25, -0.2) is 9.97 Å². The van der Waals surface area contributed by atoms with E-state index in [0.717, 1.165) is 42.4 Å². The van der Waals surface area contributed by atoms with Crippen molar-refractivity contribution >= 4 is 34.5 Å². The maximum atomic E-state index is 13.2. The Bertz CT molecular complexity index is 904. The summed E-state index contributed by atoms with van der Waals surface area (Å²) in [6.07, 6.45) is 7.04. The van der Waals surface area contributed by atoms with Crippen molar-refractivity contribution in [3.05, 3.63) is 24.3 Å². The zero-order valence-electron chi connectivity index (χ0n) is 15.5. The van der Waals surface area contributed by atoms with Crippen molar-refractivity contribution in [2.24, 2.45) is 23.2 Å². The molecule has 2 aromatic rings. The zero-order chi connectivity index (χ0) is 18.6. The summed E-state index contributed by atoms with van der Waals surface area (Å²) in [6, 6.07) is 7.35. The molecule has 6 rings (SSSR count). The number of carbonyl (C=O) groups excluding carboxylic acids is 2. The monoisotopic (exact) mass is 364 g/mol. The standard InChI is InChI=1S/C21H24N4O2/c1-12(26)22-17-4-2-16-3-5-18(24-19(16)23-17)25-20(27)21-9-13-6-14(10-21)8-15(7-13)11-21/h2-5,13-15H,6-11H2,1H3,(H2,22,23,24,25,26,27). The lowest BCUT2D eigenvalue weighted by Gasteiger charge is -2.55. The van der Waals surface area contributed by atoms with Crippen LogP contribution in [0.25, 0.3) is 11.0 Å². The summed E-state index contributed by atoms with van der Waals surface area (Å²) >= 11 is 0. The van der Waals surface area contributed by atoms with E-state index in [1.165, 1.54) is 26.2 Å². The summed E-state index contributed by atoms with van der Waals surface area (Å²) in [5.41, 5.74) is 0.321. The van der Waals surface area contributed by atoms with Gasteiger partial charge in [-0.1, -0.05) is 0 Å². The smallest absolute Gasteiger partial charge is 0.231 e. The van der Waals surface area contributed by atoms with E-state index in [1.54, 1.807) is 6.07 Å². The number of aromatic nitrogens is 2. The molecule has 2 heterocycles. The van der Waals surface area contributed by atoms with Gasteiger partial charge in [0, 0.05) is 12.3 Å². The third-order valence-electron chi connectivity index (χ3n) is 6.62. The highest BCUT2D eigenvalue weighted by molar-refractivity contribution is 5.96. The molecular formula is C21H24N4O2. The lowest BCUT2D eigenvalue weighted by Crippen LogP contribution is -2.51. The number of amides is 2. The van der Waals surface area contributed by atoms with Crippen molar-refractivity contribution < 1.29 is 9.59 Å². The third kappa shape index (κ3) is 2.97. The van der Waals surface area contributed by atoms with Gasteiger partial charge < -0.3 is 10.6 Å². The number of nitrogens with zero attached hydrogens (tertiary/aromatic N) is 2. The molecular weight excluding hydrogens is 340 g/mol. The molecule has 0 saturated heterocycles. The number of hydrogen-bond donors (Lipinski definition) is 2. The maximum absolute atomic E-state index is 13.2. The van der Waals surface area contributed by atoms with E-state index in [2.05, 4.69) is 20.6 Å². The molecule has 0 spiro atoms. The fourth-order valence-electron chi connectivity index (χ4n) is 5.96. The Labute approximate surface area is 158 Å². The fourth-order valence-corrected chi connectivity index (χ4v) is 5.96. The van der Waals surface area contributed by atoms with Gasteiger partial charge in [0.2, 0.25) is 11.8 Å². The predicted molar refractivity (Wildman–Crippen MR) is 103 cm³/mol. The van der Waals surface area contributed by atoms with Crippen LogP contribution in [0.2, 0.25) is 0 Å². The molecule has 140 valence electrons. The summed E-state index contributed by atoms with van der Waals surface area (Å²) in [4.78, 5) is 33.3. The van der Waals surface area contributed by atoms with E-state index in [4.69, 9.17) is 0 Å². The molecule has 4 aliphatic rings. The molecule has 4 aliphatic carbocycles. The number of nitrogens with one attached hydrogen (secondary N) is 2. The van der Waals surface area contributed by atoms with E-state index < -0.39 is 0 Å². The van der Waals surface area contributed by atoms with Gasteiger partial charge in [0.1, 0.15) is 11.6 Å². The van der Waals surface area contributed by atoms with Crippen molar-refractivity contribution in [3.63, 3.8) is 0 Å². The zero-order valence-corrected chi connectivity index (χ0v) is 15.5. The molecule has 2 N–H and O–H groups in total. The Morgan fingerprint density at radius 1 is 0.889 bits per heavy atom. The molecule has 0 aliphatic heterocycles. The molecule has 0 atom stereocenters. The highest BCUT2D eigenvalue weighted by Gasteiger charge is 2.54. The highest BCUT2D eigenvalue weighted by atomic mass is 16.2. The number of fused-ring (bicyclic) bond motifs is 1. The van der Waals surface area contributed by atoms with Gasteiger partial charge in [-0.15, -0.1) is 0 Å². The van der Waals surface area contributed by atoms with Gasteiger partial charge in [-0.3, -0.25) is 9.59 Å². The average Bonchev–Trinajstić information content (AvgIpc) is 2.59. The number of carbonyl (C=O) groups is 2. The topological polar surface area (TPSA) is 84.0 Å². The van der Waals surface area contributed by atoms with Crippen molar-refractivity contribution in [2.75, 3.05) is 10.6 Å². The minimum atomic E-state index is -0.198. The lowest BCUT2D eigenvalue weighted by molar-refractivity contribution is -0.140. The third-order valence-corrected chi connectivity index (χ3v) is 6.62. The molecule has 4 bridgehead atoms. The van der Waals surface area contributed by atoms with Crippen LogP contribution in [0.15, 0.2) is 24.3 Å². The van der Waals surface area contributed by atoms with Gasteiger partial charge in [-0.05, 0) is 80.5 Å². The summed E-state index contributed by atoms with van der Waals surface area (Å²) in [5, 5.41) is 6.61. The van der Waals surface area contributed by atoms with Crippen molar-refractivity contribution in [1.29, 1.82) is 0 Å². The Balaban J connectivity index is 1.39. The number of anilines is 2. The Hall–Kier alpha value is -2.50. The molecule has 4 fully saturated rings. The number of pyridine rings is 2. The molecule has 0 aromatic carbocycles. The minimum absolute atomic E-state index is 0.131. The van der Waals surface area contributed by atoms with Crippen LogP contribution < -0.4 is 10.6 Å². The van der Waals surface area contributed by atoms with Crippen LogP contribution in [0.3, 0.4) is 0 Å². The molecule has 27 heavy (non-hydrogen) atoms. The van der Waals surface area contributed by atoms with Crippen LogP contribution in [-0.4, -0.2) is 21.8 Å². The summed E-state index contributed by atoms with van der Waals surface area (Å²) in [5.74, 6) is 3.15. The van der Waals surface area contributed by atoms with Crippen LogP contribution in [-0.2, 0) is 9.59 Å². The molecule has 6 heteroatoms. The molecule has 6 nitrogen and oxygen atoms in total. The predicted octanol–water partition coefficient (Wildman–Crippen LogP) is 3.74. The second-order valence-electron chi connectivity index (χ2n) is 8.77. The van der Waals surface area contributed by atoms with Crippen LogP contribution in [0.4, 0.5) is 11.6 Å². The molecule has 0 radical (unpaired) electrons. The van der Waals surface area contributed by atoms with Gasteiger partial charge in [0.05, 0.1) is 5.41 Å². The first-order valence-corrected chi connectivity index (χ1v) is 9.86. The normalized spacial score (nSPS) is 31.1. The molecule has 4 saturated carbocycles. The van der Waals surface area contributed by atoms with Gasteiger partial charge in [-0.2, -0.15) is 0 Å². The Morgan fingerprint density at radius 3 is 1.93 bits per heavy atom. The second-order valence-corrected chi connectivity index (χ2v) is 8.77. The lowest BCUT2D eigenvalue weighted by atomic mass is 9.49. The largest absolute Gasteiger partial charge is 0.311 e. The fraction of sp³-hybridized carbons (Fsp3) is 0.524. The molecule has 0 unspecified atom stereocenters. The first kappa shape index (κ1) is 16.7. The van der Waals surface area contributed by atoms with Crippen molar-refractivity contribution in [2.45, 2.75) is 45.4 Å². The minimum Gasteiger partial charge on any atom is -0.311 e. The van der Waals surface area contributed by atoms with Gasteiger partial charge >= 0.3 is 0 Å². The van der Waals surface area contributed by atoms with E-state index in [-0.39, 0.29) is 17.2 Å². The molecule has 2 aromatic heterocycles. The molecule has 2 amide bonds. The van der Waals surface area contributed by atoms with Crippen LogP contribution in [0.1, 0.15) is 45.4 Å². The number of hydrogen-bond acceptors (Lipinski definition) is 4.